The minimum absolute atomic E-state index is 0.0897. The Bertz CT molecular complexity index is 2290. The summed E-state index contributed by atoms with van der Waals surface area (Å²) in [7, 11) is -17.3. The van der Waals surface area contributed by atoms with Gasteiger partial charge in [-0.1, -0.05) is 24.3 Å². The zero-order valence-corrected chi connectivity index (χ0v) is 30.2. The topological polar surface area (TPSA) is 307 Å². The van der Waals surface area contributed by atoms with Crippen molar-refractivity contribution in [1.82, 2.24) is 20.1 Å². The van der Waals surface area contributed by atoms with Crippen molar-refractivity contribution in [2.24, 2.45) is 15.3 Å². The van der Waals surface area contributed by atoms with E-state index in [2.05, 4.69) is 33.0 Å². The van der Waals surface area contributed by atoms with Crippen molar-refractivity contribution in [1.29, 1.82) is 5.26 Å². The molecule has 2 fully saturated rings. The number of isothiocyanates is 1. The fraction of sp³-hybridized carbons (Fsp3) is 0.308. The van der Waals surface area contributed by atoms with Crippen LogP contribution in [0.2, 0.25) is 0 Å². The van der Waals surface area contributed by atoms with Crippen LogP contribution in [-0.2, 0) is 49.7 Å². The van der Waals surface area contributed by atoms with Crippen molar-refractivity contribution in [3.05, 3.63) is 47.5 Å². The molecule has 4 atom stereocenters. The highest BCUT2D eigenvalue weighted by atomic mass is 32.2. The van der Waals surface area contributed by atoms with Crippen LogP contribution in [-0.4, -0.2) is 86.3 Å². The van der Waals surface area contributed by atoms with Gasteiger partial charge in [-0.25, -0.2) is 36.6 Å². The Morgan fingerprint density at radius 3 is 1.72 bits per heavy atom. The van der Waals surface area contributed by atoms with Gasteiger partial charge in [0.2, 0.25) is 0 Å². The van der Waals surface area contributed by atoms with Gasteiger partial charge in [0.25, 0.3) is 32.2 Å². The van der Waals surface area contributed by atoms with E-state index in [0.29, 0.717) is 11.8 Å². The van der Waals surface area contributed by atoms with Crippen molar-refractivity contribution < 1.29 is 43.3 Å². The van der Waals surface area contributed by atoms with Crippen molar-refractivity contribution in [3.8, 4) is 5.40 Å². The molecule has 50 heavy (non-hydrogen) atoms. The second kappa shape index (κ2) is 15.3. The van der Waals surface area contributed by atoms with E-state index in [0.717, 1.165) is 0 Å². The van der Waals surface area contributed by atoms with Gasteiger partial charge in [0.15, 0.2) is 19.7 Å². The Labute approximate surface area is 297 Å². The molecule has 0 aromatic heterocycles. The molecule has 2 saturated heterocycles. The summed E-state index contributed by atoms with van der Waals surface area (Å²) in [5.74, 6) is -2.08. The third kappa shape index (κ3) is 9.59. The van der Waals surface area contributed by atoms with Crippen molar-refractivity contribution in [2.75, 3.05) is 13.1 Å². The number of nitriles is 1. The number of thioether (sulfide) groups is 1. The van der Waals surface area contributed by atoms with Crippen LogP contribution in [0.5, 0.6) is 0 Å². The summed E-state index contributed by atoms with van der Waals surface area (Å²) in [6.45, 7) is -0.444. The van der Waals surface area contributed by atoms with E-state index in [4.69, 9.17) is 10.3 Å². The van der Waals surface area contributed by atoms with E-state index in [1.54, 1.807) is 9.44 Å². The number of nitrogens with two attached hydrogens (primary N) is 2. The first kappa shape index (κ1) is 39.2. The van der Waals surface area contributed by atoms with Crippen molar-refractivity contribution in [2.45, 2.75) is 50.1 Å². The average molecular weight is 805 g/mol. The number of rotatable bonds is 12. The SMILES string of the molecule is N#CSc1ccc(/C=C/c2ccc(N=C=S)cc2S(=O)(=O)[C@H]2CN[C@@H](C(=O)NS(N)(=O)=O)C2)c(S(=O)(=O)[C@@H]2CN[C@@H](C(=O)NS(N)(=O)=O)C2)c1. The van der Waals surface area contributed by atoms with E-state index in [1.807, 2.05) is 5.40 Å². The molecule has 0 saturated carbocycles. The van der Waals surface area contributed by atoms with Crippen LogP contribution in [0.1, 0.15) is 24.0 Å². The van der Waals surface area contributed by atoms with Crippen molar-refractivity contribution in [3.63, 3.8) is 0 Å². The van der Waals surface area contributed by atoms with Gasteiger partial charge in [-0.15, -0.1) is 0 Å². The van der Waals surface area contributed by atoms with E-state index in [-0.39, 0.29) is 57.4 Å². The molecule has 0 bridgehead atoms. The van der Waals surface area contributed by atoms with Crippen LogP contribution in [0, 0.1) is 10.7 Å². The zero-order chi connectivity index (χ0) is 37.1. The van der Waals surface area contributed by atoms with Crippen LogP contribution in [0.15, 0.2) is 56.1 Å². The maximum absolute atomic E-state index is 13.9. The number of carbonyl (C=O) groups is 2. The fourth-order valence-electron chi connectivity index (χ4n) is 5.28. The van der Waals surface area contributed by atoms with Gasteiger partial charge in [-0.3, -0.25) is 9.59 Å². The van der Waals surface area contributed by atoms with Gasteiger partial charge in [-0.05, 0) is 72.2 Å². The third-order valence-corrected chi connectivity index (χ3v) is 13.6. The van der Waals surface area contributed by atoms with Crippen LogP contribution in [0.4, 0.5) is 5.69 Å². The van der Waals surface area contributed by atoms with Crippen LogP contribution in [0.3, 0.4) is 0 Å². The summed E-state index contributed by atoms with van der Waals surface area (Å²) in [5.41, 5.74) is 0.310. The Hall–Kier alpha value is -3.60. The molecule has 0 unspecified atom stereocenters. The van der Waals surface area contributed by atoms with Gasteiger partial charge in [0, 0.05) is 18.0 Å². The van der Waals surface area contributed by atoms with Gasteiger partial charge >= 0.3 is 0 Å². The molecule has 24 heteroatoms. The number of amides is 2. The Kier molecular flexibility index (Phi) is 12.0. The van der Waals surface area contributed by atoms with E-state index in [1.165, 1.54) is 48.6 Å². The summed E-state index contributed by atoms with van der Waals surface area (Å²) in [6.07, 6.45) is 2.07. The number of hydrogen-bond acceptors (Lipinski definition) is 16. The predicted molar refractivity (Wildman–Crippen MR) is 185 cm³/mol. The molecular weight excluding hydrogens is 777 g/mol. The molecule has 18 nitrogen and oxygen atoms in total. The molecule has 2 aliphatic rings. The lowest BCUT2D eigenvalue weighted by Crippen LogP contribution is -2.45. The number of nitrogens with zero attached hydrogens (tertiary/aromatic N) is 2. The monoisotopic (exact) mass is 804 g/mol. The molecule has 2 aliphatic heterocycles. The minimum Gasteiger partial charge on any atom is -0.304 e. The second-order valence-corrected chi connectivity index (χ2v) is 18.9. The highest BCUT2D eigenvalue weighted by Crippen LogP contribution is 2.33. The number of benzene rings is 2. The first-order chi connectivity index (χ1) is 23.2. The molecule has 0 aliphatic carbocycles. The Morgan fingerprint density at radius 1 is 0.820 bits per heavy atom. The van der Waals surface area contributed by atoms with Gasteiger partial charge in [0.1, 0.15) is 5.40 Å². The molecule has 0 radical (unpaired) electrons. The normalized spacial score (nSPS) is 21.3. The standard InChI is InChI=1S/C26H28N8O10S6/c27-13-46-18-6-4-16(24(8-18)48(39,40)20-10-22(31-12-20)26(36)34-50(29,43)44)2-1-15-3-5-17(32-14-45)7-23(15)47(37,38)19-9-21(30-11-19)25(35)33-49(28,41)42/h1-8,19-22,30-31H,9-12H2,(H,33,35)(H,34,36)(H2,28,41,42)(H2,29,43,44)/b2-1+/t19-,20+,21-,22-/m1/s1. The molecule has 2 aromatic rings. The molecule has 0 spiro atoms. The number of sulfone groups is 2. The fourth-order valence-corrected chi connectivity index (χ4v) is 10.5. The number of hydrogen-bond donors (Lipinski definition) is 6. The van der Waals surface area contributed by atoms with Crippen LogP contribution in [0.25, 0.3) is 12.2 Å². The van der Waals surface area contributed by atoms with E-state index in [9.17, 15) is 48.5 Å². The first-order valence-corrected chi connectivity index (χ1v) is 21.4. The number of thiocarbonyl (C=S) groups is 1. The lowest BCUT2D eigenvalue weighted by Gasteiger charge is -2.16. The molecule has 2 heterocycles. The minimum atomic E-state index is -4.39. The van der Waals surface area contributed by atoms with Gasteiger partial charge < -0.3 is 10.6 Å². The van der Waals surface area contributed by atoms with Crippen molar-refractivity contribution >= 4 is 98.9 Å². The number of aliphatic imine (C=N–C) groups is 1. The second-order valence-electron chi connectivity index (χ2n) is 10.9. The number of thiocyanates is 1. The lowest BCUT2D eigenvalue weighted by molar-refractivity contribution is -0.121. The van der Waals surface area contributed by atoms with E-state index >= 15 is 0 Å². The highest BCUT2D eigenvalue weighted by molar-refractivity contribution is 8.03. The quantitative estimate of drug-likeness (QED) is 0.0483. The molecular formula is C26H28N8O10S6. The number of carbonyl (C=O) groups excluding carboxylic acids is 2. The maximum atomic E-state index is 13.9. The van der Waals surface area contributed by atoms with Crippen LogP contribution >= 0.6 is 24.0 Å². The third-order valence-electron chi connectivity index (χ3n) is 7.55. The highest BCUT2D eigenvalue weighted by Gasteiger charge is 2.41. The average Bonchev–Trinajstić information content (AvgIpc) is 3.72. The molecule has 268 valence electrons. The zero-order valence-electron chi connectivity index (χ0n) is 25.3. The largest absolute Gasteiger partial charge is 0.304 e. The number of nitrogens with one attached hydrogen (secondary N) is 4. The molecule has 2 amide bonds. The smallest absolute Gasteiger partial charge is 0.298 e. The Balaban J connectivity index is 1.71. The van der Waals surface area contributed by atoms with Gasteiger partial charge in [0.05, 0.1) is 43.2 Å². The summed E-state index contributed by atoms with van der Waals surface area (Å²) in [6, 6.07) is 5.81. The molecule has 8 N–H and O–H groups in total. The van der Waals surface area contributed by atoms with Crippen LogP contribution < -0.4 is 30.4 Å². The van der Waals surface area contributed by atoms with Gasteiger partial charge in [-0.2, -0.15) is 27.1 Å². The van der Waals surface area contributed by atoms with E-state index < -0.39 is 74.5 Å². The molecule has 4 rings (SSSR count). The summed E-state index contributed by atoms with van der Waals surface area (Å²) < 4.78 is 104. The summed E-state index contributed by atoms with van der Waals surface area (Å²) >= 11 is 5.34. The summed E-state index contributed by atoms with van der Waals surface area (Å²) in [4.78, 5) is 28.2. The molecule has 2 aromatic carbocycles. The predicted octanol–water partition coefficient (Wildman–Crippen LogP) is -1.19. The first-order valence-electron chi connectivity index (χ1n) is 14.0. The maximum Gasteiger partial charge on any atom is 0.298 e. The lowest BCUT2D eigenvalue weighted by atomic mass is 10.1. The Morgan fingerprint density at radius 2 is 1.28 bits per heavy atom. The summed E-state index contributed by atoms with van der Waals surface area (Å²) in [5, 5.41) is 25.8.